The summed E-state index contributed by atoms with van der Waals surface area (Å²) in [4.78, 5) is 34.5. The summed E-state index contributed by atoms with van der Waals surface area (Å²) in [6, 6.07) is 6.66. The van der Waals surface area contributed by atoms with Gasteiger partial charge in [-0.1, -0.05) is 12.1 Å². The van der Waals surface area contributed by atoms with Gasteiger partial charge in [-0.05, 0) is 48.5 Å². The highest BCUT2D eigenvalue weighted by atomic mass is 32.2. The lowest BCUT2D eigenvalue weighted by atomic mass is 9.99. The number of carboxylic acids is 1. The molecule has 0 aliphatic carbocycles. The Balaban J connectivity index is 2.77. The second kappa shape index (κ2) is 8.09. The van der Waals surface area contributed by atoms with Crippen LogP contribution in [0.15, 0.2) is 24.3 Å². The summed E-state index contributed by atoms with van der Waals surface area (Å²) in [7, 11) is 0. The molecule has 114 valence electrons. The van der Waals surface area contributed by atoms with Crippen molar-refractivity contribution in [2.75, 3.05) is 12.5 Å². The van der Waals surface area contributed by atoms with Crippen LogP contribution >= 0.6 is 23.9 Å². The average Bonchev–Trinajstić information content (AvgIpc) is 2.48. The van der Waals surface area contributed by atoms with Crippen LogP contribution < -0.4 is 0 Å². The SMILES string of the molecule is CSN(SC)C(=O)c1ccc(CC(=O)C(C)C(=O)O)cc1. The summed E-state index contributed by atoms with van der Waals surface area (Å²) in [5, 5.41) is 8.79. The molecule has 0 saturated heterocycles. The van der Waals surface area contributed by atoms with E-state index < -0.39 is 11.9 Å². The second-order valence-electron chi connectivity index (χ2n) is 4.33. The minimum absolute atomic E-state index is 0.0523. The molecule has 1 unspecified atom stereocenters. The van der Waals surface area contributed by atoms with Crippen molar-refractivity contribution in [2.45, 2.75) is 13.3 Å². The first-order valence-electron chi connectivity index (χ1n) is 6.17. The molecule has 1 aromatic rings. The number of hydrogen-bond donors (Lipinski definition) is 1. The molecule has 0 saturated carbocycles. The molecule has 1 rings (SSSR count). The van der Waals surface area contributed by atoms with Crippen molar-refractivity contribution in [2.24, 2.45) is 5.92 Å². The van der Waals surface area contributed by atoms with Crippen LogP contribution in [0.5, 0.6) is 0 Å². The standard InChI is InChI=1S/C14H17NO4S2/c1-9(14(18)19)12(16)8-10-4-6-11(7-5-10)13(17)15(20-2)21-3/h4-7,9H,8H2,1-3H3,(H,18,19). The highest BCUT2D eigenvalue weighted by Gasteiger charge is 2.20. The highest BCUT2D eigenvalue weighted by Crippen LogP contribution is 2.21. The second-order valence-corrected chi connectivity index (χ2v) is 6.02. The quantitative estimate of drug-likeness (QED) is 0.613. The van der Waals surface area contributed by atoms with Crippen molar-refractivity contribution in [1.29, 1.82) is 0 Å². The summed E-state index contributed by atoms with van der Waals surface area (Å²) in [5.74, 6) is -2.61. The predicted molar refractivity (Wildman–Crippen MR) is 85.2 cm³/mol. The predicted octanol–water partition coefficient (Wildman–Crippen LogP) is 2.52. The number of ketones is 1. The first-order valence-corrected chi connectivity index (χ1v) is 8.54. The molecule has 5 nitrogen and oxygen atoms in total. The van der Waals surface area contributed by atoms with E-state index in [1.54, 1.807) is 28.0 Å². The Morgan fingerprint density at radius 1 is 1.14 bits per heavy atom. The van der Waals surface area contributed by atoms with Crippen molar-refractivity contribution >= 4 is 41.6 Å². The van der Waals surface area contributed by atoms with Crippen molar-refractivity contribution in [1.82, 2.24) is 3.71 Å². The van der Waals surface area contributed by atoms with Gasteiger partial charge in [-0.2, -0.15) is 0 Å². The molecule has 1 aromatic carbocycles. The smallest absolute Gasteiger partial charge is 0.313 e. The molecule has 21 heavy (non-hydrogen) atoms. The van der Waals surface area contributed by atoms with Crippen molar-refractivity contribution < 1.29 is 19.5 Å². The number of Topliss-reactive ketones (excluding diaryl/α,β-unsaturated/α-hetero) is 1. The van der Waals surface area contributed by atoms with Crippen LogP contribution in [0.4, 0.5) is 0 Å². The first-order chi connectivity index (χ1) is 9.90. The van der Waals surface area contributed by atoms with Gasteiger partial charge < -0.3 is 5.11 Å². The van der Waals surface area contributed by atoms with Gasteiger partial charge in [0.25, 0.3) is 5.91 Å². The van der Waals surface area contributed by atoms with Crippen LogP contribution in [0.25, 0.3) is 0 Å². The zero-order valence-electron chi connectivity index (χ0n) is 12.0. The van der Waals surface area contributed by atoms with E-state index in [0.29, 0.717) is 11.1 Å². The molecule has 0 fully saturated rings. The van der Waals surface area contributed by atoms with Crippen LogP contribution in [0.3, 0.4) is 0 Å². The Hall–Kier alpha value is -1.47. The van der Waals surface area contributed by atoms with E-state index in [0.717, 1.165) is 0 Å². The summed E-state index contributed by atoms with van der Waals surface area (Å²) in [6.45, 7) is 1.37. The first kappa shape index (κ1) is 17.6. The number of nitrogens with zero attached hydrogens (tertiary/aromatic N) is 1. The molecular weight excluding hydrogens is 310 g/mol. The Morgan fingerprint density at radius 2 is 1.67 bits per heavy atom. The number of carbonyl (C=O) groups is 3. The van der Waals surface area contributed by atoms with Gasteiger partial charge in [-0.3, -0.25) is 14.4 Å². The van der Waals surface area contributed by atoms with E-state index >= 15 is 0 Å². The van der Waals surface area contributed by atoms with Gasteiger partial charge in [0.1, 0.15) is 5.92 Å². The lowest BCUT2D eigenvalue weighted by Crippen LogP contribution is -2.22. The van der Waals surface area contributed by atoms with Crippen LogP contribution in [0.2, 0.25) is 0 Å². The van der Waals surface area contributed by atoms with E-state index in [9.17, 15) is 14.4 Å². The van der Waals surface area contributed by atoms with Crippen LogP contribution in [0.1, 0.15) is 22.8 Å². The van der Waals surface area contributed by atoms with Crippen molar-refractivity contribution in [3.05, 3.63) is 35.4 Å². The maximum Gasteiger partial charge on any atom is 0.313 e. The van der Waals surface area contributed by atoms with E-state index in [4.69, 9.17) is 5.11 Å². The van der Waals surface area contributed by atoms with Gasteiger partial charge in [0.05, 0.1) is 0 Å². The topological polar surface area (TPSA) is 74.7 Å². The average molecular weight is 327 g/mol. The zero-order chi connectivity index (χ0) is 16.0. The zero-order valence-corrected chi connectivity index (χ0v) is 13.7. The highest BCUT2D eigenvalue weighted by molar-refractivity contribution is 8.12. The molecule has 7 heteroatoms. The van der Waals surface area contributed by atoms with Gasteiger partial charge in [0, 0.05) is 24.5 Å². The number of benzene rings is 1. The van der Waals surface area contributed by atoms with Crippen LogP contribution in [-0.4, -0.2) is 39.0 Å². The Kier molecular flexibility index (Phi) is 6.77. The monoisotopic (exact) mass is 327 g/mol. The van der Waals surface area contributed by atoms with Gasteiger partial charge in [0.2, 0.25) is 0 Å². The van der Waals surface area contributed by atoms with Gasteiger partial charge >= 0.3 is 5.97 Å². The molecule has 1 amide bonds. The summed E-state index contributed by atoms with van der Waals surface area (Å²) >= 11 is 2.64. The minimum Gasteiger partial charge on any atom is -0.481 e. The minimum atomic E-state index is -1.12. The van der Waals surface area contributed by atoms with Crippen LogP contribution in [0, 0.1) is 5.92 Å². The third kappa shape index (κ3) is 4.78. The van der Waals surface area contributed by atoms with Crippen LogP contribution in [-0.2, 0) is 16.0 Å². The Morgan fingerprint density at radius 3 is 2.10 bits per heavy atom. The molecule has 0 bridgehead atoms. The number of hydrogen-bond acceptors (Lipinski definition) is 5. The van der Waals surface area contributed by atoms with E-state index in [-0.39, 0.29) is 18.1 Å². The molecule has 1 N–H and O–H groups in total. The van der Waals surface area contributed by atoms with Crippen molar-refractivity contribution in [3.63, 3.8) is 0 Å². The maximum atomic E-state index is 12.1. The number of rotatable bonds is 7. The van der Waals surface area contributed by atoms with E-state index in [2.05, 4.69) is 0 Å². The normalized spacial score (nSPS) is 11.8. The number of amides is 1. The number of carbonyl (C=O) groups excluding carboxylic acids is 2. The number of aliphatic carboxylic acids is 1. The third-order valence-electron chi connectivity index (χ3n) is 2.93. The molecule has 0 heterocycles. The Labute approximate surface area is 132 Å². The summed E-state index contributed by atoms with van der Waals surface area (Å²) in [6.07, 6.45) is 3.68. The maximum absolute atomic E-state index is 12.1. The summed E-state index contributed by atoms with van der Waals surface area (Å²) in [5.41, 5.74) is 1.23. The fraction of sp³-hybridized carbons (Fsp3) is 0.357. The molecule has 0 radical (unpaired) electrons. The van der Waals surface area contributed by atoms with E-state index in [1.165, 1.54) is 30.8 Å². The molecule has 0 aliphatic rings. The molecule has 0 spiro atoms. The molecular formula is C14H17NO4S2. The third-order valence-corrected chi connectivity index (χ3v) is 4.82. The van der Waals surface area contributed by atoms with Gasteiger partial charge in [-0.25, -0.2) is 3.71 Å². The number of carboxylic acid groups (broad SMARTS) is 1. The summed E-state index contributed by atoms with van der Waals surface area (Å²) < 4.78 is 1.55. The van der Waals surface area contributed by atoms with E-state index in [1.807, 2.05) is 12.5 Å². The van der Waals surface area contributed by atoms with Crippen molar-refractivity contribution in [3.8, 4) is 0 Å². The van der Waals surface area contributed by atoms with Gasteiger partial charge in [0.15, 0.2) is 5.78 Å². The largest absolute Gasteiger partial charge is 0.481 e. The van der Waals surface area contributed by atoms with Gasteiger partial charge in [-0.15, -0.1) is 0 Å². The lowest BCUT2D eigenvalue weighted by molar-refractivity contribution is -0.145. The fourth-order valence-electron chi connectivity index (χ4n) is 1.60. The molecule has 0 aliphatic heterocycles. The lowest BCUT2D eigenvalue weighted by Gasteiger charge is -2.15. The molecule has 1 atom stereocenters. The Bertz CT molecular complexity index is 526. The fourth-order valence-corrected chi connectivity index (χ4v) is 2.74. The molecule has 0 aromatic heterocycles.